The fourth-order valence-electron chi connectivity index (χ4n) is 0. The third kappa shape index (κ3) is 8.90. The predicted octanol–water partition coefficient (Wildman–Crippen LogP) is -0.0100. The van der Waals surface area contributed by atoms with Gasteiger partial charge < -0.3 is 0 Å². The van der Waals surface area contributed by atoms with E-state index in [4.69, 9.17) is 0 Å². The molecule has 4 heavy (non-hydrogen) atoms. The van der Waals surface area contributed by atoms with Crippen molar-refractivity contribution in [2.75, 3.05) is 0 Å². The van der Waals surface area contributed by atoms with Crippen molar-refractivity contribution >= 4 is 0 Å². The zero-order valence-electron chi connectivity index (χ0n) is 1.26. The van der Waals surface area contributed by atoms with Crippen molar-refractivity contribution < 1.29 is 70.5 Å². The van der Waals surface area contributed by atoms with Gasteiger partial charge in [0.15, 0.2) is 0 Å². The van der Waals surface area contributed by atoms with Crippen molar-refractivity contribution in [3.8, 4) is 0 Å². The smallest absolute Gasteiger partial charge is 0 e. The molecule has 0 rings (SSSR count). The van der Waals surface area contributed by atoms with Crippen LogP contribution in [-0.2, 0) is 70.5 Å². The van der Waals surface area contributed by atoms with E-state index in [9.17, 15) is 0 Å². The fourth-order valence-corrected chi connectivity index (χ4v) is 0. The van der Waals surface area contributed by atoms with Crippen LogP contribution in [0.25, 0.3) is 0 Å². The first-order chi connectivity index (χ1) is 0. The van der Waals surface area contributed by atoms with Crippen molar-refractivity contribution in [2.45, 2.75) is 0 Å². The number of hydrogen-bond donors (Lipinski definition) is 0. The first kappa shape index (κ1) is 35.0. The molecular weight excluding hydrogens is 371 g/mol. The average Bonchev–Trinajstić information content (AvgIpc) is 0. The molecule has 0 saturated heterocycles. The van der Waals surface area contributed by atoms with E-state index in [0.29, 0.717) is 0 Å². The molecule has 0 N–H and O–H groups in total. The van der Waals surface area contributed by atoms with Gasteiger partial charge >= 0.3 is 0 Å². The van der Waals surface area contributed by atoms with E-state index in [-0.39, 0.29) is 70.5 Å². The molecule has 0 aliphatic heterocycles. The molecular formula is Ni3Pt. The Bertz CT molecular complexity index is 3.25. The summed E-state index contributed by atoms with van der Waals surface area (Å²) >= 11 is 0. The van der Waals surface area contributed by atoms with Crippen molar-refractivity contribution in [3.05, 3.63) is 0 Å². The average molecular weight is 371 g/mol. The Labute approximate surface area is 69.9 Å². The Morgan fingerprint density at radius 3 is 0.500 bits per heavy atom. The maximum Gasteiger partial charge on any atom is 0 e. The SMILES string of the molecule is [Ni].[Ni].[Ni].[Pt]. The molecule has 0 bridgehead atoms. The van der Waals surface area contributed by atoms with E-state index in [0.717, 1.165) is 0 Å². The van der Waals surface area contributed by atoms with Gasteiger partial charge in [0, 0.05) is 70.5 Å². The topological polar surface area (TPSA) is 0 Å². The van der Waals surface area contributed by atoms with Crippen LogP contribution >= 0.6 is 0 Å². The summed E-state index contributed by atoms with van der Waals surface area (Å²) in [5.41, 5.74) is 0. The number of rotatable bonds is 0. The summed E-state index contributed by atoms with van der Waals surface area (Å²) in [6.07, 6.45) is 0. The molecule has 0 aromatic carbocycles. The Balaban J connectivity index is 0. The van der Waals surface area contributed by atoms with Crippen LogP contribution in [0.4, 0.5) is 0 Å². The van der Waals surface area contributed by atoms with Crippen LogP contribution in [-0.4, -0.2) is 0 Å². The van der Waals surface area contributed by atoms with E-state index >= 15 is 0 Å². The predicted molar refractivity (Wildman–Crippen MR) is 0 cm³/mol. The summed E-state index contributed by atoms with van der Waals surface area (Å²) in [5.74, 6) is 0. The van der Waals surface area contributed by atoms with Gasteiger partial charge in [0.05, 0.1) is 0 Å². The maximum atomic E-state index is 0. The molecule has 0 atom stereocenters. The summed E-state index contributed by atoms with van der Waals surface area (Å²) in [6.45, 7) is 0. The Morgan fingerprint density at radius 1 is 0.500 bits per heavy atom. The van der Waals surface area contributed by atoms with E-state index in [2.05, 4.69) is 0 Å². The van der Waals surface area contributed by atoms with Crippen LogP contribution < -0.4 is 0 Å². The van der Waals surface area contributed by atoms with Crippen LogP contribution in [0, 0.1) is 0 Å². The Kier molecular flexibility index (Phi) is 167. The first-order valence-corrected chi connectivity index (χ1v) is 0. The molecule has 0 fully saturated rings. The maximum absolute atomic E-state index is 0. The largest absolute Gasteiger partial charge is 0 e. The molecule has 0 aromatic heterocycles. The van der Waals surface area contributed by atoms with Gasteiger partial charge in [0.1, 0.15) is 0 Å². The Morgan fingerprint density at radius 2 is 0.500 bits per heavy atom. The molecule has 0 spiro atoms. The number of hydrogen-bond acceptors (Lipinski definition) is 0. The van der Waals surface area contributed by atoms with Crippen LogP contribution in [0.1, 0.15) is 0 Å². The molecule has 4 heteroatoms. The third-order valence-corrected chi connectivity index (χ3v) is 0. The zero-order chi connectivity index (χ0) is 0. The van der Waals surface area contributed by atoms with E-state index in [1.54, 1.807) is 0 Å². The van der Waals surface area contributed by atoms with E-state index in [1.165, 1.54) is 0 Å². The van der Waals surface area contributed by atoms with E-state index in [1.807, 2.05) is 0 Å². The van der Waals surface area contributed by atoms with Crippen LogP contribution in [0.2, 0.25) is 0 Å². The van der Waals surface area contributed by atoms with Crippen LogP contribution in [0.5, 0.6) is 0 Å². The molecule has 40 valence electrons. The van der Waals surface area contributed by atoms with Crippen LogP contribution in [0.3, 0.4) is 0 Å². The molecule has 0 saturated carbocycles. The molecule has 0 nitrogen and oxygen atoms in total. The summed E-state index contributed by atoms with van der Waals surface area (Å²) in [6, 6.07) is 0. The second-order valence-corrected chi connectivity index (χ2v) is 0. The second-order valence-electron chi connectivity index (χ2n) is 0. The molecule has 0 aliphatic carbocycles. The van der Waals surface area contributed by atoms with Crippen molar-refractivity contribution in [1.29, 1.82) is 0 Å². The molecule has 0 unspecified atom stereocenters. The van der Waals surface area contributed by atoms with Gasteiger partial charge in [-0.3, -0.25) is 0 Å². The second kappa shape index (κ2) is 19.1. The third-order valence-electron chi connectivity index (χ3n) is 0. The minimum absolute atomic E-state index is 0. The summed E-state index contributed by atoms with van der Waals surface area (Å²) in [4.78, 5) is 0. The van der Waals surface area contributed by atoms with Crippen molar-refractivity contribution in [1.82, 2.24) is 0 Å². The Hall–Kier alpha value is 2.17. The monoisotopic (exact) mass is 369 g/mol. The zero-order valence-corrected chi connectivity index (χ0v) is 6.50. The first-order valence-electron chi connectivity index (χ1n) is 0. The van der Waals surface area contributed by atoms with Crippen LogP contribution in [0.15, 0.2) is 0 Å². The summed E-state index contributed by atoms with van der Waals surface area (Å²) in [7, 11) is 0. The molecule has 0 amide bonds. The molecule has 0 aliphatic rings. The molecule has 0 aromatic rings. The molecule has 0 heterocycles. The summed E-state index contributed by atoms with van der Waals surface area (Å²) in [5, 5.41) is 0. The quantitative estimate of drug-likeness (QED) is 0.526. The minimum atomic E-state index is 0. The van der Waals surface area contributed by atoms with Gasteiger partial charge in [0.25, 0.3) is 0 Å². The standard InChI is InChI=1S/3Ni.Pt. The van der Waals surface area contributed by atoms with Gasteiger partial charge in [0.2, 0.25) is 0 Å². The van der Waals surface area contributed by atoms with Gasteiger partial charge in [-0.15, -0.1) is 0 Å². The van der Waals surface area contributed by atoms with Gasteiger partial charge in [-0.25, -0.2) is 0 Å². The van der Waals surface area contributed by atoms with Gasteiger partial charge in [-0.1, -0.05) is 0 Å². The van der Waals surface area contributed by atoms with Gasteiger partial charge in [-0.05, 0) is 0 Å². The van der Waals surface area contributed by atoms with Gasteiger partial charge in [-0.2, -0.15) is 0 Å². The van der Waals surface area contributed by atoms with Crippen molar-refractivity contribution in [2.24, 2.45) is 0 Å². The fraction of sp³-hybridized carbons (Fsp3) is 0. The summed E-state index contributed by atoms with van der Waals surface area (Å²) < 4.78 is 0. The molecule has 0 radical (unpaired) electrons. The minimum Gasteiger partial charge on any atom is 0 e. The van der Waals surface area contributed by atoms with Crippen molar-refractivity contribution in [3.63, 3.8) is 0 Å². The normalized spacial score (nSPS) is 0. The van der Waals surface area contributed by atoms with E-state index < -0.39 is 0 Å².